The highest BCUT2D eigenvalue weighted by Gasteiger charge is 2.29. The van der Waals surface area contributed by atoms with Crippen molar-refractivity contribution >= 4 is 29.3 Å². The van der Waals surface area contributed by atoms with Crippen LogP contribution < -0.4 is 10.2 Å². The third-order valence-electron chi connectivity index (χ3n) is 3.96. The number of rotatable bonds is 4. The van der Waals surface area contributed by atoms with Gasteiger partial charge in [-0.2, -0.15) is 5.10 Å². The van der Waals surface area contributed by atoms with Crippen molar-refractivity contribution in [1.29, 1.82) is 0 Å². The predicted octanol–water partition coefficient (Wildman–Crippen LogP) is 2.10. The molecule has 2 amide bonds. The maximum atomic E-state index is 12.7. The third kappa shape index (κ3) is 3.63. The summed E-state index contributed by atoms with van der Waals surface area (Å²) in [5.41, 5.74) is 1.20. The van der Waals surface area contributed by atoms with E-state index in [0.29, 0.717) is 12.1 Å². The number of halogens is 1. The van der Waals surface area contributed by atoms with Crippen LogP contribution in [-0.2, 0) is 4.79 Å². The van der Waals surface area contributed by atoms with Gasteiger partial charge >= 0.3 is 6.09 Å². The van der Waals surface area contributed by atoms with E-state index in [9.17, 15) is 9.59 Å². The van der Waals surface area contributed by atoms with Gasteiger partial charge in [-0.1, -0.05) is 23.8 Å². The van der Waals surface area contributed by atoms with E-state index >= 15 is 0 Å². The summed E-state index contributed by atoms with van der Waals surface area (Å²) in [5.74, 6) is -0.599. The van der Waals surface area contributed by atoms with Gasteiger partial charge in [0.15, 0.2) is 5.15 Å². The van der Waals surface area contributed by atoms with Gasteiger partial charge in [0.2, 0.25) is 5.91 Å². The molecule has 3 rings (SSSR count). The summed E-state index contributed by atoms with van der Waals surface area (Å²) >= 11 is 6.18. The molecule has 0 unspecified atom stereocenters. The molecule has 2 heterocycles. The fraction of sp³-hybridized carbons (Fsp3) is 0.250. The summed E-state index contributed by atoms with van der Waals surface area (Å²) in [6, 6.07) is 3.23. The van der Waals surface area contributed by atoms with Crippen LogP contribution >= 0.6 is 11.6 Å². The van der Waals surface area contributed by atoms with Crippen molar-refractivity contribution < 1.29 is 14.7 Å². The molecule has 0 spiro atoms. The first kappa shape index (κ1) is 17.0. The number of nitrogens with zero attached hydrogens (tertiary/aromatic N) is 4. The van der Waals surface area contributed by atoms with Gasteiger partial charge in [0, 0.05) is 13.2 Å². The van der Waals surface area contributed by atoms with Crippen molar-refractivity contribution in [2.45, 2.75) is 12.5 Å². The number of hydrogen-bond acceptors (Lipinski definition) is 4. The lowest BCUT2D eigenvalue weighted by atomic mass is 10.1. The molecule has 0 saturated carbocycles. The van der Waals surface area contributed by atoms with Gasteiger partial charge in [0.25, 0.3) is 0 Å². The van der Waals surface area contributed by atoms with Gasteiger partial charge in [0.05, 0.1) is 30.0 Å². The first-order valence-corrected chi connectivity index (χ1v) is 7.94. The molecule has 130 valence electrons. The van der Waals surface area contributed by atoms with Crippen LogP contribution in [0.15, 0.2) is 42.9 Å². The lowest BCUT2D eigenvalue weighted by Crippen LogP contribution is -2.35. The first-order chi connectivity index (χ1) is 12.0. The average Bonchev–Trinajstić information content (AvgIpc) is 3.20. The molecule has 0 saturated heterocycles. The second kappa shape index (κ2) is 6.94. The van der Waals surface area contributed by atoms with Crippen LogP contribution in [0.3, 0.4) is 0 Å². The van der Waals surface area contributed by atoms with E-state index in [2.05, 4.69) is 15.4 Å². The fourth-order valence-electron chi connectivity index (χ4n) is 2.71. The SMILES string of the molecule is CN(C(=O)[C@H]1C=C[C@@H](NC(=O)O)C1)c1cn(-c2cccnc2)nc1Cl. The zero-order chi connectivity index (χ0) is 18.0. The highest BCUT2D eigenvalue weighted by atomic mass is 35.5. The highest BCUT2D eigenvalue weighted by molar-refractivity contribution is 6.32. The Morgan fingerprint density at radius 2 is 2.24 bits per heavy atom. The van der Waals surface area contributed by atoms with Crippen molar-refractivity contribution in [2.75, 3.05) is 11.9 Å². The lowest BCUT2D eigenvalue weighted by molar-refractivity contribution is -0.120. The normalized spacial score (nSPS) is 19.0. The van der Waals surface area contributed by atoms with Gasteiger partial charge in [0.1, 0.15) is 5.69 Å². The Morgan fingerprint density at radius 3 is 2.92 bits per heavy atom. The van der Waals surface area contributed by atoms with Crippen molar-refractivity contribution in [1.82, 2.24) is 20.1 Å². The Kier molecular flexibility index (Phi) is 4.71. The summed E-state index contributed by atoms with van der Waals surface area (Å²) in [4.78, 5) is 28.8. The number of nitrogens with one attached hydrogen (secondary N) is 1. The minimum absolute atomic E-state index is 0.182. The average molecular weight is 362 g/mol. The largest absolute Gasteiger partial charge is 0.465 e. The molecular formula is C16H16ClN5O3. The Balaban J connectivity index is 1.74. The van der Waals surface area contributed by atoms with E-state index in [1.807, 2.05) is 6.07 Å². The highest BCUT2D eigenvalue weighted by Crippen LogP contribution is 2.28. The van der Waals surface area contributed by atoms with Crippen LogP contribution in [0.4, 0.5) is 10.5 Å². The van der Waals surface area contributed by atoms with E-state index in [4.69, 9.17) is 16.7 Å². The number of carbonyl (C=O) groups excluding carboxylic acids is 1. The third-order valence-corrected chi connectivity index (χ3v) is 4.23. The number of pyridine rings is 1. The van der Waals surface area contributed by atoms with Crippen LogP contribution in [0.25, 0.3) is 5.69 Å². The second-order valence-corrected chi connectivity index (χ2v) is 6.00. The Bertz CT molecular complexity index is 820. The van der Waals surface area contributed by atoms with Crippen LogP contribution in [0.5, 0.6) is 0 Å². The molecule has 0 aromatic carbocycles. The summed E-state index contributed by atoms with van der Waals surface area (Å²) in [6.07, 6.45) is 7.60. The van der Waals surface area contributed by atoms with Crippen LogP contribution in [0.1, 0.15) is 6.42 Å². The van der Waals surface area contributed by atoms with Crippen molar-refractivity contribution in [2.24, 2.45) is 5.92 Å². The molecule has 9 heteroatoms. The van der Waals surface area contributed by atoms with Gasteiger partial charge in [-0.25, -0.2) is 9.48 Å². The summed E-state index contributed by atoms with van der Waals surface area (Å²) in [6.45, 7) is 0. The van der Waals surface area contributed by atoms with Gasteiger partial charge in [-0.05, 0) is 18.6 Å². The number of hydrogen-bond donors (Lipinski definition) is 2. The molecule has 2 atom stereocenters. The van der Waals surface area contributed by atoms with Crippen LogP contribution in [-0.4, -0.2) is 45.0 Å². The van der Waals surface area contributed by atoms with Crippen LogP contribution in [0, 0.1) is 5.92 Å². The summed E-state index contributed by atoms with van der Waals surface area (Å²) in [5, 5.41) is 15.5. The monoisotopic (exact) mass is 361 g/mol. The zero-order valence-corrected chi connectivity index (χ0v) is 14.1. The van der Waals surface area contributed by atoms with E-state index in [1.165, 1.54) is 4.90 Å². The molecular weight excluding hydrogens is 346 g/mol. The summed E-state index contributed by atoms with van der Waals surface area (Å²) < 4.78 is 1.55. The van der Waals surface area contributed by atoms with Crippen molar-refractivity contribution in [3.05, 3.63) is 48.0 Å². The van der Waals surface area contributed by atoms with Crippen molar-refractivity contribution in [3.63, 3.8) is 0 Å². The molecule has 8 nitrogen and oxygen atoms in total. The lowest BCUT2D eigenvalue weighted by Gasteiger charge is -2.20. The topological polar surface area (TPSA) is 100 Å². The number of anilines is 1. The summed E-state index contributed by atoms with van der Waals surface area (Å²) in [7, 11) is 1.62. The smallest absolute Gasteiger partial charge is 0.405 e. The van der Waals surface area contributed by atoms with E-state index in [0.717, 1.165) is 5.69 Å². The van der Waals surface area contributed by atoms with E-state index in [-0.39, 0.29) is 17.1 Å². The second-order valence-electron chi connectivity index (χ2n) is 5.64. The van der Waals surface area contributed by atoms with Gasteiger partial charge < -0.3 is 15.3 Å². The molecule has 2 aromatic heterocycles. The molecule has 0 aliphatic heterocycles. The Labute approximate surface area is 148 Å². The van der Waals surface area contributed by atoms with E-state index < -0.39 is 12.0 Å². The number of carbonyl (C=O) groups is 2. The predicted molar refractivity (Wildman–Crippen MR) is 92.0 cm³/mol. The maximum absolute atomic E-state index is 12.7. The quantitative estimate of drug-likeness (QED) is 0.812. The maximum Gasteiger partial charge on any atom is 0.405 e. The molecule has 2 N–H and O–H groups in total. The van der Waals surface area contributed by atoms with E-state index in [1.54, 1.807) is 48.5 Å². The number of carboxylic acid groups (broad SMARTS) is 1. The molecule has 1 aliphatic rings. The van der Waals surface area contributed by atoms with Crippen molar-refractivity contribution in [3.8, 4) is 5.69 Å². The zero-order valence-electron chi connectivity index (χ0n) is 13.3. The molecule has 25 heavy (non-hydrogen) atoms. The molecule has 0 radical (unpaired) electrons. The van der Waals surface area contributed by atoms with Gasteiger partial charge in [-0.3, -0.25) is 9.78 Å². The fourth-order valence-corrected chi connectivity index (χ4v) is 2.96. The molecule has 2 aromatic rings. The minimum atomic E-state index is -1.11. The van der Waals surface area contributed by atoms with Crippen LogP contribution in [0.2, 0.25) is 5.15 Å². The number of amides is 2. The number of aromatic nitrogens is 3. The molecule has 1 aliphatic carbocycles. The standard InChI is InChI=1S/C16H16ClN5O3/c1-21(15(23)10-4-5-11(7-10)19-16(24)25)13-9-22(20-14(13)17)12-3-2-6-18-8-12/h2-6,8-11,19H,7H2,1H3,(H,24,25)/t10-,11+/m0/s1. The Hall–Kier alpha value is -2.87. The molecule has 0 fully saturated rings. The minimum Gasteiger partial charge on any atom is -0.465 e. The van der Waals surface area contributed by atoms with Gasteiger partial charge in [-0.15, -0.1) is 0 Å². The Morgan fingerprint density at radius 1 is 1.44 bits per heavy atom. The molecule has 0 bridgehead atoms. The first-order valence-electron chi connectivity index (χ1n) is 7.56.